The molecule has 0 bridgehead atoms. The number of H-pyrrole nitrogens is 1. The fraction of sp³-hybridized carbons (Fsp3) is 0.316. The molecule has 3 rings (SSSR count). The third kappa shape index (κ3) is 7.25. The van der Waals surface area contributed by atoms with Crippen LogP contribution in [0.25, 0.3) is 0 Å². The van der Waals surface area contributed by atoms with Gasteiger partial charge in [-0.2, -0.15) is 5.10 Å². The molecule has 2 heterocycles. The van der Waals surface area contributed by atoms with E-state index in [4.69, 9.17) is 0 Å². The highest BCUT2D eigenvalue weighted by Gasteiger charge is 2.12. The van der Waals surface area contributed by atoms with Gasteiger partial charge in [0.2, 0.25) is 16.9 Å². The fourth-order valence-corrected chi connectivity index (χ4v) is 4.22. The number of carbonyl (C=O) groups is 2. The number of carbonyl (C=O) groups excluding carboxylic acids is 2. The van der Waals surface area contributed by atoms with Gasteiger partial charge >= 0.3 is 0 Å². The number of rotatable bonds is 10. The summed E-state index contributed by atoms with van der Waals surface area (Å²) < 4.78 is 0.777. The molecule has 2 amide bonds. The summed E-state index contributed by atoms with van der Waals surface area (Å²) in [6.45, 7) is 0.693. The molecule has 0 saturated heterocycles. The van der Waals surface area contributed by atoms with Gasteiger partial charge in [0.15, 0.2) is 10.2 Å². The largest absolute Gasteiger partial charge is 0.309 e. The maximum absolute atomic E-state index is 12.1. The minimum absolute atomic E-state index is 0.0485. The maximum Gasteiger partial charge on any atom is 0.226 e. The van der Waals surface area contributed by atoms with E-state index in [0.717, 1.165) is 15.8 Å². The van der Waals surface area contributed by atoms with E-state index in [1.165, 1.54) is 16.9 Å². The summed E-state index contributed by atoms with van der Waals surface area (Å²) in [5.74, 6) is 0.676. The summed E-state index contributed by atoms with van der Waals surface area (Å²) in [7, 11) is 3.89. The molecule has 0 saturated carbocycles. The van der Waals surface area contributed by atoms with E-state index >= 15 is 0 Å². The minimum atomic E-state index is -0.281. The molecule has 3 aromatic rings. The van der Waals surface area contributed by atoms with Gasteiger partial charge in [-0.15, -0.1) is 10.2 Å². The van der Waals surface area contributed by atoms with Crippen molar-refractivity contribution < 1.29 is 9.59 Å². The molecule has 0 aliphatic heterocycles. The molecule has 158 valence electrons. The van der Waals surface area contributed by atoms with E-state index in [-0.39, 0.29) is 24.7 Å². The number of aromatic nitrogens is 4. The van der Waals surface area contributed by atoms with Crippen LogP contribution in [0.15, 0.2) is 40.7 Å². The van der Waals surface area contributed by atoms with E-state index < -0.39 is 0 Å². The quantitative estimate of drug-likeness (QED) is 0.324. The summed E-state index contributed by atoms with van der Waals surface area (Å²) in [5.41, 5.74) is 2.09. The van der Waals surface area contributed by atoms with Crippen molar-refractivity contribution in [3.8, 4) is 0 Å². The van der Waals surface area contributed by atoms with Crippen LogP contribution in [-0.4, -0.2) is 51.2 Å². The second-order valence-corrected chi connectivity index (χ2v) is 8.96. The summed E-state index contributed by atoms with van der Waals surface area (Å²) in [4.78, 5) is 26.1. The zero-order valence-electron chi connectivity index (χ0n) is 16.7. The first-order valence-corrected chi connectivity index (χ1v) is 11.1. The lowest BCUT2D eigenvalue weighted by atomic mass is 10.2. The number of nitrogens with one attached hydrogen (secondary N) is 3. The molecule has 0 spiro atoms. The number of amides is 2. The Labute approximate surface area is 182 Å². The molecule has 11 heteroatoms. The molecular formula is C19H23N7O2S2. The average molecular weight is 446 g/mol. The van der Waals surface area contributed by atoms with Gasteiger partial charge in [0.05, 0.1) is 5.69 Å². The van der Waals surface area contributed by atoms with Crippen molar-refractivity contribution in [1.82, 2.24) is 25.3 Å². The Morgan fingerprint density at radius 2 is 1.83 bits per heavy atom. The van der Waals surface area contributed by atoms with Crippen LogP contribution < -0.4 is 10.6 Å². The van der Waals surface area contributed by atoms with Gasteiger partial charge in [-0.05, 0) is 19.7 Å². The lowest BCUT2D eigenvalue weighted by molar-refractivity contribution is -0.121. The van der Waals surface area contributed by atoms with Gasteiger partial charge in [0, 0.05) is 31.2 Å². The fourth-order valence-electron chi connectivity index (χ4n) is 2.50. The monoisotopic (exact) mass is 445 g/mol. The standard InChI is InChI=1S/C19H23N7O2S2/c1-26(2)11-14-10-15(23-22-14)20-16(27)8-9-17(28)21-18-24-25-19(30-18)29-12-13-6-4-3-5-7-13/h3-7,10H,8-9,11-12H2,1-2H3,(H,21,24,28)(H2,20,22,23,27). The van der Waals surface area contributed by atoms with Crippen LogP contribution in [-0.2, 0) is 21.9 Å². The van der Waals surface area contributed by atoms with Crippen LogP contribution >= 0.6 is 23.1 Å². The molecule has 0 atom stereocenters. The molecule has 0 radical (unpaired) electrons. The molecule has 30 heavy (non-hydrogen) atoms. The maximum atomic E-state index is 12.1. The lowest BCUT2D eigenvalue weighted by Gasteiger charge is -2.05. The zero-order chi connectivity index (χ0) is 21.3. The van der Waals surface area contributed by atoms with Crippen LogP contribution in [0.4, 0.5) is 10.9 Å². The van der Waals surface area contributed by atoms with E-state index in [1.54, 1.807) is 17.8 Å². The number of aromatic amines is 1. The van der Waals surface area contributed by atoms with Crippen molar-refractivity contribution in [3.63, 3.8) is 0 Å². The van der Waals surface area contributed by atoms with Gasteiger partial charge in [0.1, 0.15) is 0 Å². The molecule has 0 unspecified atom stereocenters. The van der Waals surface area contributed by atoms with Gasteiger partial charge in [-0.25, -0.2) is 0 Å². The van der Waals surface area contributed by atoms with Crippen molar-refractivity contribution in [2.24, 2.45) is 0 Å². The number of nitrogens with zero attached hydrogens (tertiary/aromatic N) is 4. The van der Waals surface area contributed by atoms with Crippen molar-refractivity contribution in [2.45, 2.75) is 29.5 Å². The first kappa shape index (κ1) is 21.9. The van der Waals surface area contributed by atoms with Crippen LogP contribution in [0, 0.1) is 0 Å². The van der Waals surface area contributed by atoms with Gasteiger partial charge < -0.3 is 15.5 Å². The Morgan fingerprint density at radius 1 is 1.10 bits per heavy atom. The Kier molecular flexibility index (Phi) is 7.94. The number of hydrogen-bond donors (Lipinski definition) is 3. The van der Waals surface area contributed by atoms with Crippen molar-refractivity contribution in [3.05, 3.63) is 47.7 Å². The molecular weight excluding hydrogens is 422 g/mol. The van der Waals surface area contributed by atoms with Crippen LogP contribution in [0.2, 0.25) is 0 Å². The Morgan fingerprint density at radius 3 is 2.57 bits per heavy atom. The topological polar surface area (TPSA) is 116 Å². The van der Waals surface area contributed by atoms with E-state index in [9.17, 15) is 9.59 Å². The average Bonchev–Trinajstić information content (AvgIpc) is 3.34. The van der Waals surface area contributed by atoms with Crippen LogP contribution in [0.1, 0.15) is 24.1 Å². The molecule has 0 aliphatic rings. The summed E-state index contributed by atoms with van der Waals surface area (Å²) >= 11 is 2.88. The highest BCUT2D eigenvalue weighted by atomic mass is 32.2. The molecule has 3 N–H and O–H groups in total. The number of thioether (sulfide) groups is 1. The first-order valence-electron chi connectivity index (χ1n) is 9.27. The van der Waals surface area contributed by atoms with Crippen molar-refractivity contribution >= 4 is 45.9 Å². The van der Waals surface area contributed by atoms with Crippen LogP contribution in [0.5, 0.6) is 0 Å². The smallest absolute Gasteiger partial charge is 0.226 e. The summed E-state index contributed by atoms with van der Waals surface area (Å²) in [6, 6.07) is 11.8. The molecule has 0 fully saturated rings. The highest BCUT2D eigenvalue weighted by Crippen LogP contribution is 2.28. The summed E-state index contributed by atoms with van der Waals surface area (Å²) in [5, 5.41) is 20.8. The Hall–Kier alpha value is -2.76. The first-order chi connectivity index (χ1) is 14.5. The molecule has 0 aliphatic carbocycles. The normalized spacial score (nSPS) is 10.9. The SMILES string of the molecule is CN(C)Cc1cc(NC(=O)CCC(=O)Nc2nnc(SCc3ccccc3)s2)n[nH]1. The molecule has 9 nitrogen and oxygen atoms in total. The summed E-state index contributed by atoms with van der Waals surface area (Å²) in [6.07, 6.45) is 0.100. The van der Waals surface area contributed by atoms with E-state index in [2.05, 4.69) is 31.0 Å². The third-order valence-electron chi connectivity index (χ3n) is 3.82. The second kappa shape index (κ2) is 10.9. The molecule has 1 aromatic carbocycles. The highest BCUT2D eigenvalue weighted by molar-refractivity contribution is 8.00. The van der Waals surface area contributed by atoms with Gasteiger partial charge in [0.25, 0.3) is 0 Å². The Bertz CT molecular complexity index is 972. The second-order valence-electron chi connectivity index (χ2n) is 6.76. The van der Waals surface area contributed by atoms with Gasteiger partial charge in [-0.3, -0.25) is 14.7 Å². The van der Waals surface area contributed by atoms with Crippen molar-refractivity contribution in [1.29, 1.82) is 0 Å². The van der Waals surface area contributed by atoms with E-state index in [1.807, 2.05) is 49.3 Å². The predicted octanol–water partition coefficient (Wildman–Crippen LogP) is 2.97. The minimum Gasteiger partial charge on any atom is -0.309 e. The van der Waals surface area contributed by atoms with Gasteiger partial charge in [-0.1, -0.05) is 53.4 Å². The number of benzene rings is 1. The van der Waals surface area contributed by atoms with Crippen molar-refractivity contribution in [2.75, 3.05) is 24.7 Å². The molecule has 2 aromatic heterocycles. The number of hydrogen-bond acceptors (Lipinski definition) is 8. The zero-order valence-corrected chi connectivity index (χ0v) is 18.3. The van der Waals surface area contributed by atoms with Crippen LogP contribution in [0.3, 0.4) is 0 Å². The Balaban J connectivity index is 1.38. The third-order valence-corrected chi connectivity index (χ3v) is 5.87. The van der Waals surface area contributed by atoms with E-state index in [0.29, 0.717) is 17.5 Å². The predicted molar refractivity (Wildman–Crippen MR) is 118 cm³/mol. The lowest BCUT2D eigenvalue weighted by Crippen LogP contribution is -2.17. The number of anilines is 2.